The lowest BCUT2D eigenvalue weighted by atomic mass is 9.87. The lowest BCUT2D eigenvalue weighted by molar-refractivity contribution is -0.141. The Kier molecular flexibility index (Phi) is 3.97. The molecule has 0 aliphatic heterocycles. The molecule has 0 bridgehead atoms. The summed E-state index contributed by atoms with van der Waals surface area (Å²) in [5, 5.41) is 0. The molecule has 1 rings (SSSR count). The van der Waals surface area contributed by atoms with Gasteiger partial charge in [0.2, 0.25) is 0 Å². The van der Waals surface area contributed by atoms with Gasteiger partial charge in [-0.05, 0) is 43.4 Å². The Morgan fingerprint density at radius 2 is 2.00 bits per heavy atom. The van der Waals surface area contributed by atoms with E-state index in [1.165, 1.54) is 32.6 Å². The normalized spacial score (nSPS) is 18.3. The standard InChI is InChI=1S/C12H22O2/c1-10(2)12(7-8-12)6-4-5-9-14-11(3)13/h10H,4-9H2,1-3H3. The molecule has 0 aromatic carbocycles. The second kappa shape index (κ2) is 4.81. The van der Waals surface area contributed by atoms with Gasteiger partial charge in [0, 0.05) is 6.92 Å². The maximum Gasteiger partial charge on any atom is 0.302 e. The summed E-state index contributed by atoms with van der Waals surface area (Å²) in [6.45, 7) is 6.71. The predicted molar refractivity (Wildman–Crippen MR) is 57.0 cm³/mol. The number of carbonyl (C=O) groups excluding carboxylic acids is 1. The van der Waals surface area contributed by atoms with Crippen LogP contribution in [0.2, 0.25) is 0 Å². The van der Waals surface area contributed by atoms with Crippen molar-refractivity contribution >= 4 is 5.97 Å². The van der Waals surface area contributed by atoms with Gasteiger partial charge in [0.1, 0.15) is 0 Å². The van der Waals surface area contributed by atoms with E-state index in [1.807, 2.05) is 0 Å². The van der Waals surface area contributed by atoms with Crippen LogP contribution in [0, 0.1) is 11.3 Å². The minimum absolute atomic E-state index is 0.157. The highest BCUT2D eigenvalue weighted by atomic mass is 16.5. The van der Waals surface area contributed by atoms with Crippen LogP contribution in [0.5, 0.6) is 0 Å². The number of unbranched alkanes of at least 4 members (excludes halogenated alkanes) is 1. The van der Waals surface area contributed by atoms with E-state index < -0.39 is 0 Å². The highest BCUT2D eigenvalue weighted by Crippen LogP contribution is 2.55. The van der Waals surface area contributed by atoms with Gasteiger partial charge in [-0.25, -0.2) is 0 Å². The zero-order chi connectivity index (χ0) is 10.6. The summed E-state index contributed by atoms with van der Waals surface area (Å²) in [7, 11) is 0. The Morgan fingerprint density at radius 1 is 1.36 bits per heavy atom. The van der Waals surface area contributed by atoms with Gasteiger partial charge < -0.3 is 4.74 Å². The molecule has 0 spiro atoms. The molecular formula is C12H22O2. The molecule has 2 nitrogen and oxygen atoms in total. The van der Waals surface area contributed by atoms with Crippen LogP contribution in [0.4, 0.5) is 0 Å². The first kappa shape index (κ1) is 11.5. The van der Waals surface area contributed by atoms with E-state index in [9.17, 15) is 4.79 Å². The van der Waals surface area contributed by atoms with Gasteiger partial charge in [-0.1, -0.05) is 13.8 Å². The van der Waals surface area contributed by atoms with Crippen molar-refractivity contribution in [1.82, 2.24) is 0 Å². The first-order chi connectivity index (χ1) is 6.57. The van der Waals surface area contributed by atoms with Crippen LogP contribution in [-0.4, -0.2) is 12.6 Å². The van der Waals surface area contributed by atoms with E-state index in [2.05, 4.69) is 13.8 Å². The highest BCUT2D eigenvalue weighted by molar-refractivity contribution is 5.65. The van der Waals surface area contributed by atoms with Crippen LogP contribution >= 0.6 is 0 Å². The van der Waals surface area contributed by atoms with Gasteiger partial charge in [0.25, 0.3) is 0 Å². The minimum atomic E-state index is -0.157. The van der Waals surface area contributed by atoms with Crippen LogP contribution in [0.15, 0.2) is 0 Å². The monoisotopic (exact) mass is 198 g/mol. The summed E-state index contributed by atoms with van der Waals surface area (Å²) in [5.74, 6) is 0.659. The van der Waals surface area contributed by atoms with Crippen molar-refractivity contribution < 1.29 is 9.53 Å². The Balaban J connectivity index is 2.02. The number of ether oxygens (including phenoxy) is 1. The average Bonchev–Trinajstić information content (AvgIpc) is 2.84. The zero-order valence-electron chi connectivity index (χ0n) is 9.64. The zero-order valence-corrected chi connectivity index (χ0v) is 9.64. The van der Waals surface area contributed by atoms with Gasteiger partial charge in [-0.3, -0.25) is 4.79 Å². The van der Waals surface area contributed by atoms with Crippen LogP contribution in [0.1, 0.15) is 52.9 Å². The van der Waals surface area contributed by atoms with Crippen molar-refractivity contribution in [2.24, 2.45) is 11.3 Å². The average molecular weight is 198 g/mol. The van der Waals surface area contributed by atoms with E-state index in [0.717, 1.165) is 12.3 Å². The van der Waals surface area contributed by atoms with E-state index in [1.54, 1.807) is 0 Å². The predicted octanol–water partition coefficient (Wildman–Crippen LogP) is 3.16. The number of hydrogen-bond acceptors (Lipinski definition) is 2. The molecule has 0 radical (unpaired) electrons. The van der Waals surface area contributed by atoms with Crippen molar-refractivity contribution in [3.05, 3.63) is 0 Å². The Bertz CT molecular complexity index is 192. The third-order valence-electron chi connectivity index (χ3n) is 3.49. The molecule has 1 saturated carbocycles. The second-order valence-electron chi connectivity index (χ2n) is 4.81. The molecule has 14 heavy (non-hydrogen) atoms. The summed E-state index contributed by atoms with van der Waals surface area (Å²) in [6.07, 6.45) is 6.34. The molecule has 0 N–H and O–H groups in total. The fourth-order valence-electron chi connectivity index (χ4n) is 2.07. The van der Waals surface area contributed by atoms with Crippen molar-refractivity contribution in [1.29, 1.82) is 0 Å². The summed E-state index contributed by atoms with van der Waals surface area (Å²) < 4.78 is 4.90. The Hall–Kier alpha value is -0.530. The molecular weight excluding hydrogens is 176 g/mol. The lowest BCUT2D eigenvalue weighted by Crippen LogP contribution is -2.09. The first-order valence-corrected chi connectivity index (χ1v) is 5.70. The topological polar surface area (TPSA) is 26.3 Å². The third kappa shape index (κ3) is 3.32. The first-order valence-electron chi connectivity index (χ1n) is 5.70. The molecule has 0 unspecified atom stereocenters. The molecule has 0 heterocycles. The quantitative estimate of drug-likeness (QED) is 0.484. The van der Waals surface area contributed by atoms with Crippen LogP contribution in [0.25, 0.3) is 0 Å². The molecule has 0 saturated heterocycles. The molecule has 0 atom stereocenters. The van der Waals surface area contributed by atoms with Crippen LogP contribution in [0.3, 0.4) is 0 Å². The number of esters is 1. The molecule has 0 amide bonds. The molecule has 2 heteroatoms. The number of hydrogen-bond donors (Lipinski definition) is 0. The van der Waals surface area contributed by atoms with Crippen molar-refractivity contribution in [2.75, 3.05) is 6.61 Å². The smallest absolute Gasteiger partial charge is 0.302 e. The van der Waals surface area contributed by atoms with Crippen LogP contribution < -0.4 is 0 Å². The van der Waals surface area contributed by atoms with E-state index in [-0.39, 0.29) is 5.97 Å². The van der Waals surface area contributed by atoms with Gasteiger partial charge in [-0.2, -0.15) is 0 Å². The van der Waals surface area contributed by atoms with E-state index in [0.29, 0.717) is 12.0 Å². The molecule has 0 aromatic rings. The summed E-state index contributed by atoms with van der Waals surface area (Å²) in [5.41, 5.74) is 0.649. The van der Waals surface area contributed by atoms with Crippen molar-refractivity contribution in [2.45, 2.75) is 52.9 Å². The molecule has 82 valence electrons. The summed E-state index contributed by atoms with van der Waals surface area (Å²) in [6, 6.07) is 0. The SMILES string of the molecule is CC(=O)OCCCCC1(C(C)C)CC1. The maximum absolute atomic E-state index is 10.5. The van der Waals surface area contributed by atoms with Crippen molar-refractivity contribution in [3.8, 4) is 0 Å². The van der Waals surface area contributed by atoms with E-state index >= 15 is 0 Å². The van der Waals surface area contributed by atoms with Gasteiger partial charge >= 0.3 is 5.97 Å². The van der Waals surface area contributed by atoms with E-state index in [4.69, 9.17) is 4.74 Å². The second-order valence-corrected chi connectivity index (χ2v) is 4.81. The third-order valence-corrected chi connectivity index (χ3v) is 3.49. The Morgan fingerprint density at radius 3 is 2.43 bits per heavy atom. The lowest BCUT2D eigenvalue weighted by Gasteiger charge is -2.18. The largest absolute Gasteiger partial charge is 0.466 e. The minimum Gasteiger partial charge on any atom is -0.466 e. The number of carbonyl (C=O) groups is 1. The number of rotatable bonds is 6. The summed E-state index contributed by atoms with van der Waals surface area (Å²) >= 11 is 0. The highest BCUT2D eigenvalue weighted by Gasteiger charge is 2.44. The van der Waals surface area contributed by atoms with Crippen molar-refractivity contribution in [3.63, 3.8) is 0 Å². The molecule has 1 aliphatic rings. The fraction of sp³-hybridized carbons (Fsp3) is 0.917. The van der Waals surface area contributed by atoms with Gasteiger partial charge in [-0.15, -0.1) is 0 Å². The molecule has 1 aliphatic carbocycles. The molecule has 1 fully saturated rings. The van der Waals surface area contributed by atoms with Gasteiger partial charge in [0.05, 0.1) is 6.61 Å². The fourth-order valence-corrected chi connectivity index (χ4v) is 2.07. The maximum atomic E-state index is 10.5. The summed E-state index contributed by atoms with van der Waals surface area (Å²) in [4.78, 5) is 10.5. The van der Waals surface area contributed by atoms with Gasteiger partial charge in [0.15, 0.2) is 0 Å². The van der Waals surface area contributed by atoms with Crippen LogP contribution in [-0.2, 0) is 9.53 Å². The molecule has 0 aromatic heterocycles. The Labute approximate surface area is 87.0 Å².